The van der Waals surface area contributed by atoms with E-state index in [0.717, 1.165) is 23.0 Å². The van der Waals surface area contributed by atoms with Crippen LogP contribution in [0.2, 0.25) is 5.02 Å². The summed E-state index contributed by atoms with van der Waals surface area (Å²) in [5.41, 5.74) is 0.119. The van der Waals surface area contributed by atoms with Crippen molar-refractivity contribution in [1.82, 2.24) is 4.98 Å². The fourth-order valence-corrected chi connectivity index (χ4v) is 3.40. The third-order valence-electron chi connectivity index (χ3n) is 3.40. The Bertz CT molecular complexity index is 976. The van der Waals surface area contributed by atoms with Crippen LogP contribution in [0.5, 0.6) is 0 Å². The molecule has 0 spiro atoms. The van der Waals surface area contributed by atoms with Crippen molar-refractivity contribution >= 4 is 55.7 Å². The molecule has 0 aliphatic heterocycles. The minimum Gasteiger partial charge on any atom is -0.307 e. The predicted octanol–water partition coefficient (Wildman–Crippen LogP) is 6.89. The molecule has 0 radical (unpaired) electrons. The second kappa shape index (κ2) is 7.87. The van der Waals surface area contributed by atoms with Crippen molar-refractivity contribution in [1.29, 1.82) is 0 Å². The van der Waals surface area contributed by atoms with Gasteiger partial charge in [0.25, 0.3) is 0 Å². The van der Waals surface area contributed by atoms with Gasteiger partial charge in [-0.2, -0.15) is 13.2 Å². The number of nitrogens with zero attached hydrogens (tertiary/aromatic N) is 1. The molecule has 0 bridgehead atoms. The maximum absolute atomic E-state index is 13.1. The molecule has 0 fully saturated rings. The van der Waals surface area contributed by atoms with Gasteiger partial charge in [0.2, 0.25) is 0 Å². The summed E-state index contributed by atoms with van der Waals surface area (Å²) in [6.45, 7) is 0. The van der Waals surface area contributed by atoms with Crippen LogP contribution in [-0.2, 0) is 6.18 Å². The summed E-state index contributed by atoms with van der Waals surface area (Å²) in [6, 6.07) is 9.64. The summed E-state index contributed by atoms with van der Waals surface area (Å²) in [4.78, 5) is 16.3. The van der Waals surface area contributed by atoms with Gasteiger partial charge in [0.1, 0.15) is 0 Å². The molecule has 0 saturated heterocycles. The van der Waals surface area contributed by atoms with Gasteiger partial charge in [0, 0.05) is 20.4 Å². The molecular formula is C17H10BrClF3N3OS. The second-order valence-corrected chi connectivity index (χ2v) is 7.52. The number of alkyl halides is 3. The molecule has 2 aromatic carbocycles. The number of anilines is 2. The van der Waals surface area contributed by atoms with Gasteiger partial charge < -0.3 is 5.32 Å². The quantitative estimate of drug-likeness (QED) is 0.432. The van der Waals surface area contributed by atoms with E-state index in [1.165, 1.54) is 12.1 Å². The molecule has 1 aromatic heterocycles. The van der Waals surface area contributed by atoms with E-state index in [1.807, 2.05) is 0 Å². The Kier molecular flexibility index (Phi) is 5.73. The van der Waals surface area contributed by atoms with Crippen LogP contribution in [0, 0.1) is 0 Å². The SMILES string of the molecule is O=C(Nc1nc(-c2ccc(Cl)cc2)cs1)Nc1ccc(Br)cc1C(F)(F)F. The van der Waals surface area contributed by atoms with Crippen molar-refractivity contribution in [2.45, 2.75) is 6.18 Å². The lowest BCUT2D eigenvalue weighted by Crippen LogP contribution is -2.21. The highest BCUT2D eigenvalue weighted by Gasteiger charge is 2.34. The molecule has 1 heterocycles. The zero-order valence-corrected chi connectivity index (χ0v) is 16.4. The summed E-state index contributed by atoms with van der Waals surface area (Å²) in [5.74, 6) is 0. The highest BCUT2D eigenvalue weighted by molar-refractivity contribution is 9.10. The fraction of sp³-hybridized carbons (Fsp3) is 0.0588. The molecule has 0 atom stereocenters. The van der Waals surface area contributed by atoms with Gasteiger partial charge in [-0.05, 0) is 30.3 Å². The van der Waals surface area contributed by atoms with Crippen LogP contribution in [0.4, 0.5) is 28.8 Å². The largest absolute Gasteiger partial charge is 0.418 e. The molecule has 0 unspecified atom stereocenters. The number of rotatable bonds is 3. The molecule has 2 N–H and O–H groups in total. The van der Waals surface area contributed by atoms with Crippen molar-refractivity contribution in [3.63, 3.8) is 0 Å². The number of thiazole rings is 1. The van der Waals surface area contributed by atoms with E-state index < -0.39 is 17.8 Å². The smallest absolute Gasteiger partial charge is 0.307 e. The van der Waals surface area contributed by atoms with Gasteiger partial charge in [-0.25, -0.2) is 9.78 Å². The zero-order valence-electron chi connectivity index (χ0n) is 13.3. The molecule has 3 aromatic rings. The lowest BCUT2D eigenvalue weighted by Gasteiger charge is -2.14. The maximum atomic E-state index is 13.1. The second-order valence-electron chi connectivity index (χ2n) is 5.31. The summed E-state index contributed by atoms with van der Waals surface area (Å²) >= 11 is 9.99. The van der Waals surface area contributed by atoms with Crippen molar-refractivity contribution in [3.05, 3.63) is 62.9 Å². The first kappa shape index (κ1) is 19.7. The first-order valence-corrected chi connectivity index (χ1v) is 9.43. The van der Waals surface area contributed by atoms with Gasteiger partial charge in [0.15, 0.2) is 5.13 Å². The zero-order chi connectivity index (χ0) is 19.6. The number of hydrogen-bond donors (Lipinski definition) is 2. The van der Waals surface area contributed by atoms with Crippen molar-refractivity contribution in [2.24, 2.45) is 0 Å². The Morgan fingerprint density at radius 3 is 2.48 bits per heavy atom. The minimum atomic E-state index is -4.60. The average Bonchev–Trinajstić information content (AvgIpc) is 3.04. The molecule has 0 saturated carbocycles. The normalized spacial score (nSPS) is 11.3. The Morgan fingerprint density at radius 1 is 1.11 bits per heavy atom. The summed E-state index contributed by atoms with van der Waals surface area (Å²) in [5, 5.41) is 7.20. The molecule has 10 heteroatoms. The van der Waals surface area contributed by atoms with Crippen LogP contribution in [0.25, 0.3) is 11.3 Å². The number of aromatic nitrogens is 1. The number of carbonyl (C=O) groups is 1. The van der Waals surface area contributed by atoms with Crippen molar-refractivity contribution < 1.29 is 18.0 Å². The first-order valence-electron chi connectivity index (χ1n) is 7.38. The van der Waals surface area contributed by atoms with Gasteiger partial charge >= 0.3 is 12.2 Å². The van der Waals surface area contributed by atoms with E-state index in [1.54, 1.807) is 29.6 Å². The molecule has 0 aliphatic rings. The van der Waals surface area contributed by atoms with E-state index in [9.17, 15) is 18.0 Å². The molecule has 140 valence electrons. The van der Waals surface area contributed by atoms with E-state index in [4.69, 9.17) is 11.6 Å². The number of urea groups is 1. The Balaban J connectivity index is 1.73. The highest BCUT2D eigenvalue weighted by atomic mass is 79.9. The lowest BCUT2D eigenvalue weighted by molar-refractivity contribution is -0.136. The van der Waals surface area contributed by atoms with Crippen LogP contribution in [-0.4, -0.2) is 11.0 Å². The average molecular weight is 477 g/mol. The highest BCUT2D eigenvalue weighted by Crippen LogP contribution is 2.36. The monoisotopic (exact) mass is 475 g/mol. The number of halogens is 5. The van der Waals surface area contributed by atoms with Crippen molar-refractivity contribution in [3.8, 4) is 11.3 Å². The number of amides is 2. The standard InChI is InChI=1S/C17H10BrClF3N3OS/c18-10-3-6-13(12(7-10)17(20,21)22)23-15(26)25-16-24-14(8-27-16)9-1-4-11(19)5-2-9/h1-8H,(H2,23,24,25,26). The number of carbonyl (C=O) groups excluding carboxylic acids is 1. The minimum absolute atomic E-state index is 0.253. The van der Waals surface area contributed by atoms with Gasteiger partial charge in [-0.1, -0.05) is 39.7 Å². The van der Waals surface area contributed by atoms with Crippen LogP contribution in [0.3, 0.4) is 0 Å². The van der Waals surface area contributed by atoms with Gasteiger partial charge in [-0.3, -0.25) is 5.32 Å². The van der Waals surface area contributed by atoms with Crippen molar-refractivity contribution in [2.75, 3.05) is 10.6 Å². The van der Waals surface area contributed by atoms with Crippen LogP contribution in [0.15, 0.2) is 52.3 Å². The van der Waals surface area contributed by atoms with Crippen LogP contribution in [0.1, 0.15) is 5.56 Å². The Morgan fingerprint density at radius 2 is 1.81 bits per heavy atom. The third kappa shape index (κ3) is 5.00. The van der Waals surface area contributed by atoms with Gasteiger partial charge in [-0.15, -0.1) is 11.3 Å². The number of nitrogens with one attached hydrogen (secondary N) is 2. The molecular weight excluding hydrogens is 467 g/mol. The first-order chi connectivity index (χ1) is 12.7. The number of benzene rings is 2. The lowest BCUT2D eigenvalue weighted by atomic mass is 10.1. The maximum Gasteiger partial charge on any atom is 0.418 e. The predicted molar refractivity (Wildman–Crippen MR) is 104 cm³/mol. The molecule has 4 nitrogen and oxygen atoms in total. The van der Waals surface area contributed by atoms with E-state index >= 15 is 0 Å². The fourth-order valence-electron chi connectivity index (χ4n) is 2.20. The molecule has 0 aliphatic carbocycles. The van der Waals surface area contributed by atoms with Gasteiger partial charge in [0.05, 0.1) is 16.9 Å². The van der Waals surface area contributed by atoms with E-state index in [0.29, 0.717) is 10.7 Å². The Hall–Kier alpha value is -2.10. The van der Waals surface area contributed by atoms with Crippen LogP contribution < -0.4 is 10.6 Å². The summed E-state index contributed by atoms with van der Waals surface area (Å²) < 4.78 is 39.6. The van der Waals surface area contributed by atoms with E-state index in [-0.39, 0.29) is 15.3 Å². The number of hydrogen-bond acceptors (Lipinski definition) is 3. The topological polar surface area (TPSA) is 54.0 Å². The van der Waals surface area contributed by atoms with Crippen LogP contribution >= 0.6 is 38.9 Å². The van der Waals surface area contributed by atoms with E-state index in [2.05, 4.69) is 31.5 Å². The summed E-state index contributed by atoms with van der Waals surface area (Å²) in [7, 11) is 0. The third-order valence-corrected chi connectivity index (χ3v) is 4.90. The molecule has 3 rings (SSSR count). The molecule has 2 amide bonds. The summed E-state index contributed by atoms with van der Waals surface area (Å²) in [6.07, 6.45) is -4.60. The Labute approximate surface area is 169 Å². The molecule has 27 heavy (non-hydrogen) atoms.